The molecule has 1 aromatic rings. The normalized spacial score (nSPS) is 22.8. The Morgan fingerprint density at radius 2 is 2.11 bits per heavy atom. The number of hydrogen-bond donors (Lipinski definition) is 2. The van der Waals surface area contributed by atoms with Gasteiger partial charge in [0.05, 0.1) is 11.0 Å². The molecule has 2 N–H and O–H groups in total. The minimum Gasteiger partial charge on any atom is -0.325 e. The summed E-state index contributed by atoms with van der Waals surface area (Å²) < 4.78 is 0. The Kier molecular flexibility index (Phi) is 4.11. The van der Waals surface area contributed by atoms with Crippen molar-refractivity contribution in [3.05, 3.63) is 34.4 Å². The smallest absolute Gasteiger partial charge is 0.269 e. The van der Waals surface area contributed by atoms with Crippen molar-refractivity contribution in [1.29, 1.82) is 0 Å². The standard InChI is InChI=1S/C13H17N3O3/c1-9-6-7-14-12(8-9)13(17)15-10-2-4-11(5-3-10)16(18)19/h2-5,9,12,14H,6-8H2,1H3,(H,15,17). The van der Waals surface area contributed by atoms with Gasteiger partial charge in [0, 0.05) is 17.8 Å². The Bertz CT molecular complexity index is 473. The number of amides is 1. The lowest BCUT2D eigenvalue weighted by atomic mass is 9.94. The van der Waals surface area contributed by atoms with Crippen LogP contribution in [0.2, 0.25) is 0 Å². The molecule has 1 fully saturated rings. The van der Waals surface area contributed by atoms with E-state index in [1.165, 1.54) is 12.1 Å². The first-order valence-electron chi connectivity index (χ1n) is 6.35. The maximum atomic E-state index is 12.0. The first-order chi connectivity index (χ1) is 9.06. The first kappa shape index (κ1) is 13.5. The largest absolute Gasteiger partial charge is 0.325 e. The number of piperidine rings is 1. The Balaban J connectivity index is 1.96. The third-order valence-corrected chi connectivity index (χ3v) is 3.33. The molecule has 2 rings (SSSR count). The van der Waals surface area contributed by atoms with Crippen LogP contribution in [0, 0.1) is 16.0 Å². The monoisotopic (exact) mass is 263 g/mol. The zero-order valence-electron chi connectivity index (χ0n) is 10.8. The molecule has 6 heteroatoms. The molecule has 1 aromatic carbocycles. The van der Waals surface area contributed by atoms with Crippen molar-refractivity contribution in [3.8, 4) is 0 Å². The van der Waals surface area contributed by atoms with E-state index in [1.807, 2.05) is 0 Å². The molecular formula is C13H17N3O3. The van der Waals surface area contributed by atoms with Crippen molar-refractivity contribution >= 4 is 17.3 Å². The summed E-state index contributed by atoms with van der Waals surface area (Å²) in [6.07, 6.45) is 1.90. The highest BCUT2D eigenvalue weighted by Crippen LogP contribution is 2.18. The number of nitro groups is 1. The van der Waals surface area contributed by atoms with Crippen molar-refractivity contribution in [1.82, 2.24) is 5.32 Å². The molecule has 1 aliphatic heterocycles. The van der Waals surface area contributed by atoms with Gasteiger partial charge in [-0.3, -0.25) is 14.9 Å². The summed E-state index contributed by atoms with van der Waals surface area (Å²) in [5.74, 6) is 0.453. The van der Waals surface area contributed by atoms with Crippen LogP contribution < -0.4 is 10.6 Å². The van der Waals surface area contributed by atoms with Gasteiger partial charge in [-0.2, -0.15) is 0 Å². The van der Waals surface area contributed by atoms with Crippen LogP contribution in [0.4, 0.5) is 11.4 Å². The number of carbonyl (C=O) groups is 1. The van der Waals surface area contributed by atoms with Crippen LogP contribution in [0.5, 0.6) is 0 Å². The molecule has 0 radical (unpaired) electrons. The number of hydrogen-bond acceptors (Lipinski definition) is 4. The average molecular weight is 263 g/mol. The van der Waals surface area contributed by atoms with Gasteiger partial charge in [0.2, 0.25) is 5.91 Å². The van der Waals surface area contributed by atoms with Gasteiger partial charge in [-0.15, -0.1) is 0 Å². The third-order valence-electron chi connectivity index (χ3n) is 3.33. The number of anilines is 1. The summed E-state index contributed by atoms with van der Waals surface area (Å²) in [5, 5.41) is 16.5. The Morgan fingerprint density at radius 1 is 1.42 bits per heavy atom. The molecule has 0 aromatic heterocycles. The molecule has 1 amide bonds. The molecule has 1 saturated heterocycles. The number of non-ortho nitro benzene ring substituents is 1. The van der Waals surface area contributed by atoms with Gasteiger partial charge in [0.15, 0.2) is 0 Å². The summed E-state index contributed by atoms with van der Waals surface area (Å²) in [4.78, 5) is 22.1. The minimum absolute atomic E-state index is 0.0161. The van der Waals surface area contributed by atoms with Crippen molar-refractivity contribution in [3.63, 3.8) is 0 Å². The second-order valence-electron chi connectivity index (χ2n) is 4.93. The summed E-state index contributed by atoms with van der Waals surface area (Å²) in [7, 11) is 0. The molecule has 6 nitrogen and oxygen atoms in total. The molecule has 1 heterocycles. The number of rotatable bonds is 3. The molecule has 1 aliphatic rings. The van der Waals surface area contributed by atoms with Crippen molar-refractivity contribution in [2.24, 2.45) is 5.92 Å². The second-order valence-corrected chi connectivity index (χ2v) is 4.93. The van der Waals surface area contributed by atoms with Crippen LogP contribution in [-0.4, -0.2) is 23.4 Å². The highest BCUT2D eigenvalue weighted by atomic mass is 16.6. The van der Waals surface area contributed by atoms with Gasteiger partial charge in [0.1, 0.15) is 0 Å². The van der Waals surface area contributed by atoms with Gasteiger partial charge >= 0.3 is 0 Å². The Hall–Kier alpha value is -1.95. The molecule has 102 valence electrons. The van der Waals surface area contributed by atoms with E-state index in [4.69, 9.17) is 0 Å². The van der Waals surface area contributed by atoms with Crippen molar-refractivity contribution < 1.29 is 9.72 Å². The minimum atomic E-state index is -0.462. The van der Waals surface area contributed by atoms with E-state index in [2.05, 4.69) is 17.6 Å². The summed E-state index contributed by atoms with van der Waals surface area (Å²) in [6, 6.07) is 5.67. The molecule has 2 unspecified atom stereocenters. The number of nitrogens with one attached hydrogen (secondary N) is 2. The summed E-state index contributed by atoms with van der Waals surface area (Å²) in [6.45, 7) is 2.98. The van der Waals surface area contributed by atoms with Crippen LogP contribution in [-0.2, 0) is 4.79 Å². The number of nitro benzene ring substituents is 1. The number of nitrogens with zero attached hydrogens (tertiary/aromatic N) is 1. The maximum Gasteiger partial charge on any atom is 0.269 e. The van der Waals surface area contributed by atoms with Crippen LogP contribution >= 0.6 is 0 Å². The van der Waals surface area contributed by atoms with Crippen LogP contribution in [0.15, 0.2) is 24.3 Å². The Labute approximate surface area is 111 Å². The Morgan fingerprint density at radius 3 is 2.68 bits per heavy atom. The van der Waals surface area contributed by atoms with Crippen LogP contribution in [0.1, 0.15) is 19.8 Å². The van der Waals surface area contributed by atoms with Gasteiger partial charge in [-0.25, -0.2) is 0 Å². The van der Waals surface area contributed by atoms with Gasteiger partial charge in [0.25, 0.3) is 5.69 Å². The number of benzene rings is 1. The second kappa shape index (κ2) is 5.79. The molecule has 0 bridgehead atoms. The first-order valence-corrected chi connectivity index (χ1v) is 6.35. The molecule has 19 heavy (non-hydrogen) atoms. The highest BCUT2D eigenvalue weighted by Gasteiger charge is 2.24. The molecule has 0 saturated carbocycles. The highest BCUT2D eigenvalue weighted by molar-refractivity contribution is 5.94. The van der Waals surface area contributed by atoms with Crippen LogP contribution in [0.25, 0.3) is 0 Å². The van der Waals surface area contributed by atoms with E-state index >= 15 is 0 Å². The van der Waals surface area contributed by atoms with Gasteiger partial charge < -0.3 is 10.6 Å². The fourth-order valence-electron chi connectivity index (χ4n) is 2.20. The van der Waals surface area contributed by atoms with E-state index in [9.17, 15) is 14.9 Å². The predicted octanol–water partition coefficient (Wildman–Crippen LogP) is 1.92. The summed E-state index contributed by atoms with van der Waals surface area (Å²) >= 11 is 0. The average Bonchev–Trinajstić information content (AvgIpc) is 2.39. The van der Waals surface area contributed by atoms with Crippen molar-refractivity contribution in [2.45, 2.75) is 25.8 Å². The van der Waals surface area contributed by atoms with E-state index in [-0.39, 0.29) is 17.6 Å². The topological polar surface area (TPSA) is 84.3 Å². The van der Waals surface area contributed by atoms with E-state index in [1.54, 1.807) is 12.1 Å². The molecule has 0 aliphatic carbocycles. The SMILES string of the molecule is CC1CCNC(C(=O)Nc2ccc([N+](=O)[O-])cc2)C1. The van der Waals surface area contributed by atoms with Gasteiger partial charge in [-0.05, 0) is 37.4 Å². The predicted molar refractivity (Wildman–Crippen MR) is 71.9 cm³/mol. The maximum absolute atomic E-state index is 12.0. The van der Waals surface area contributed by atoms with Gasteiger partial charge in [-0.1, -0.05) is 6.92 Å². The lowest BCUT2D eigenvalue weighted by Crippen LogP contribution is -2.45. The van der Waals surface area contributed by atoms with E-state index < -0.39 is 4.92 Å². The van der Waals surface area contributed by atoms with Crippen LogP contribution in [0.3, 0.4) is 0 Å². The molecular weight excluding hydrogens is 246 g/mol. The summed E-state index contributed by atoms with van der Waals surface area (Å²) in [5.41, 5.74) is 0.595. The fraction of sp³-hybridized carbons (Fsp3) is 0.462. The van der Waals surface area contributed by atoms with Crippen molar-refractivity contribution in [2.75, 3.05) is 11.9 Å². The van der Waals surface area contributed by atoms with E-state index in [0.717, 1.165) is 19.4 Å². The third kappa shape index (κ3) is 3.51. The lowest BCUT2D eigenvalue weighted by molar-refractivity contribution is -0.384. The zero-order chi connectivity index (χ0) is 13.8. The molecule has 0 spiro atoms. The quantitative estimate of drug-likeness (QED) is 0.644. The number of carbonyl (C=O) groups excluding carboxylic acids is 1. The lowest BCUT2D eigenvalue weighted by Gasteiger charge is -2.27. The zero-order valence-corrected chi connectivity index (χ0v) is 10.8. The molecule has 2 atom stereocenters. The van der Waals surface area contributed by atoms with E-state index in [0.29, 0.717) is 11.6 Å². The fourth-order valence-corrected chi connectivity index (χ4v) is 2.20.